The topological polar surface area (TPSA) is 79.2 Å². The Labute approximate surface area is 87.4 Å². The van der Waals surface area contributed by atoms with Gasteiger partial charge >= 0.3 is 0 Å². The minimum atomic E-state index is -1.47. The lowest BCUT2D eigenvalue weighted by Gasteiger charge is -2.21. The number of hydrogen-bond acceptors (Lipinski definition) is 5. The molecule has 0 spiro atoms. The Balaban J connectivity index is 2.61. The standard InChI is InChI=1S/C10H14O5/c1-10(14-12,15-13)7-6-8-4-2-3-5-9(8)11/h2-5,11-13H,6-7H2,1H3. The number of para-hydroxylation sites is 1. The maximum atomic E-state index is 9.45. The summed E-state index contributed by atoms with van der Waals surface area (Å²) < 4.78 is 0. The molecule has 1 aromatic rings. The summed E-state index contributed by atoms with van der Waals surface area (Å²) in [5.41, 5.74) is 0.692. The summed E-state index contributed by atoms with van der Waals surface area (Å²) in [6.07, 6.45) is 0.613. The lowest BCUT2D eigenvalue weighted by atomic mass is 10.0. The molecule has 0 bridgehead atoms. The normalized spacial score (nSPS) is 11.7. The van der Waals surface area contributed by atoms with Gasteiger partial charge in [0.05, 0.1) is 0 Å². The fraction of sp³-hybridized carbons (Fsp3) is 0.400. The number of phenolic OH excluding ortho intramolecular Hbond substituents is 1. The van der Waals surface area contributed by atoms with Gasteiger partial charge in [-0.05, 0) is 25.0 Å². The Bertz CT molecular complexity index is 308. The van der Waals surface area contributed by atoms with Crippen molar-refractivity contribution in [2.45, 2.75) is 25.6 Å². The van der Waals surface area contributed by atoms with Crippen LogP contribution in [0.3, 0.4) is 0 Å². The first-order valence-corrected chi connectivity index (χ1v) is 4.53. The Hall–Kier alpha value is -1.14. The summed E-state index contributed by atoms with van der Waals surface area (Å²) in [6.45, 7) is 1.38. The van der Waals surface area contributed by atoms with Gasteiger partial charge in [0.15, 0.2) is 0 Å². The molecule has 0 radical (unpaired) electrons. The molecule has 0 saturated carbocycles. The smallest absolute Gasteiger partial charge is 0.231 e. The van der Waals surface area contributed by atoms with Gasteiger partial charge in [0, 0.05) is 6.42 Å². The second-order valence-corrected chi connectivity index (χ2v) is 3.45. The van der Waals surface area contributed by atoms with E-state index < -0.39 is 5.79 Å². The highest BCUT2D eigenvalue weighted by atomic mass is 17.2. The van der Waals surface area contributed by atoms with E-state index in [0.29, 0.717) is 12.0 Å². The zero-order valence-corrected chi connectivity index (χ0v) is 8.38. The van der Waals surface area contributed by atoms with E-state index in [1.54, 1.807) is 24.3 Å². The predicted octanol–water partition coefficient (Wildman–Crippen LogP) is 2.02. The Kier molecular flexibility index (Phi) is 4.05. The first kappa shape index (κ1) is 11.9. The van der Waals surface area contributed by atoms with Crippen LogP contribution in [-0.4, -0.2) is 21.4 Å². The van der Waals surface area contributed by atoms with Crippen LogP contribution in [0.1, 0.15) is 18.9 Å². The van der Waals surface area contributed by atoms with E-state index in [2.05, 4.69) is 9.78 Å². The largest absolute Gasteiger partial charge is 0.508 e. The lowest BCUT2D eigenvalue weighted by molar-refractivity contribution is -0.481. The Morgan fingerprint density at radius 1 is 1.20 bits per heavy atom. The molecule has 0 atom stereocenters. The van der Waals surface area contributed by atoms with Gasteiger partial charge in [-0.3, -0.25) is 0 Å². The van der Waals surface area contributed by atoms with E-state index in [9.17, 15) is 5.11 Å². The van der Waals surface area contributed by atoms with Crippen LogP contribution >= 0.6 is 0 Å². The van der Waals surface area contributed by atoms with Gasteiger partial charge in [-0.15, -0.1) is 0 Å². The predicted molar refractivity (Wildman–Crippen MR) is 52.3 cm³/mol. The van der Waals surface area contributed by atoms with Crippen LogP contribution in [0.4, 0.5) is 0 Å². The zero-order valence-electron chi connectivity index (χ0n) is 8.38. The second kappa shape index (κ2) is 5.09. The summed E-state index contributed by atoms with van der Waals surface area (Å²) in [5.74, 6) is -1.31. The third-order valence-electron chi connectivity index (χ3n) is 2.23. The summed E-state index contributed by atoms with van der Waals surface area (Å²) in [6, 6.07) is 6.80. The molecule has 15 heavy (non-hydrogen) atoms. The molecule has 0 aliphatic carbocycles. The molecular weight excluding hydrogens is 200 g/mol. The molecule has 5 nitrogen and oxygen atoms in total. The second-order valence-electron chi connectivity index (χ2n) is 3.45. The molecule has 1 aromatic carbocycles. The maximum Gasteiger partial charge on any atom is 0.231 e. The molecule has 3 N–H and O–H groups in total. The number of rotatable bonds is 5. The fourth-order valence-electron chi connectivity index (χ4n) is 1.19. The van der Waals surface area contributed by atoms with Crippen molar-refractivity contribution in [3.8, 4) is 5.75 Å². The van der Waals surface area contributed by atoms with Crippen LogP contribution in [-0.2, 0) is 16.2 Å². The molecule has 0 amide bonds. The summed E-state index contributed by atoms with van der Waals surface area (Å²) in [5, 5.41) is 26.4. The molecular formula is C10H14O5. The van der Waals surface area contributed by atoms with Crippen LogP contribution in [0, 0.1) is 0 Å². The number of hydrogen-bond donors (Lipinski definition) is 3. The van der Waals surface area contributed by atoms with E-state index in [4.69, 9.17) is 10.5 Å². The molecule has 5 heteroatoms. The molecule has 0 aliphatic rings. The lowest BCUT2D eigenvalue weighted by Crippen LogP contribution is -2.30. The number of phenols is 1. The quantitative estimate of drug-likeness (QED) is 0.397. The summed E-state index contributed by atoms with van der Waals surface area (Å²) in [7, 11) is 0. The van der Waals surface area contributed by atoms with Crippen LogP contribution in [0.2, 0.25) is 0 Å². The number of aromatic hydroxyl groups is 1. The Morgan fingerprint density at radius 3 is 2.33 bits per heavy atom. The Morgan fingerprint density at radius 2 is 1.80 bits per heavy atom. The number of aryl methyl sites for hydroxylation is 1. The fourth-order valence-corrected chi connectivity index (χ4v) is 1.19. The van der Waals surface area contributed by atoms with E-state index in [1.165, 1.54) is 6.92 Å². The van der Waals surface area contributed by atoms with E-state index >= 15 is 0 Å². The minimum Gasteiger partial charge on any atom is -0.508 e. The molecule has 0 aliphatic heterocycles. The van der Waals surface area contributed by atoms with Crippen molar-refractivity contribution in [3.05, 3.63) is 29.8 Å². The van der Waals surface area contributed by atoms with Crippen molar-refractivity contribution < 1.29 is 25.4 Å². The van der Waals surface area contributed by atoms with Crippen LogP contribution in [0.5, 0.6) is 5.75 Å². The molecule has 0 fully saturated rings. The van der Waals surface area contributed by atoms with Crippen molar-refractivity contribution in [3.63, 3.8) is 0 Å². The molecule has 0 heterocycles. The van der Waals surface area contributed by atoms with Crippen LogP contribution < -0.4 is 0 Å². The SMILES string of the molecule is CC(CCc1ccccc1O)(OO)OO. The van der Waals surface area contributed by atoms with Gasteiger partial charge in [0.1, 0.15) is 5.75 Å². The van der Waals surface area contributed by atoms with Crippen molar-refractivity contribution in [1.29, 1.82) is 0 Å². The highest BCUT2D eigenvalue weighted by molar-refractivity contribution is 5.31. The third kappa shape index (κ3) is 3.17. The first-order chi connectivity index (χ1) is 7.11. The summed E-state index contributed by atoms with van der Waals surface area (Å²) >= 11 is 0. The van der Waals surface area contributed by atoms with E-state index in [1.807, 2.05) is 0 Å². The highest BCUT2D eigenvalue weighted by Crippen LogP contribution is 2.22. The molecule has 0 unspecified atom stereocenters. The number of benzene rings is 1. The van der Waals surface area contributed by atoms with Gasteiger partial charge < -0.3 is 5.11 Å². The average molecular weight is 214 g/mol. The van der Waals surface area contributed by atoms with Gasteiger partial charge in [-0.2, -0.15) is 0 Å². The van der Waals surface area contributed by atoms with Gasteiger partial charge in [-0.1, -0.05) is 18.2 Å². The van der Waals surface area contributed by atoms with Gasteiger partial charge in [0.2, 0.25) is 5.79 Å². The average Bonchev–Trinajstić information content (AvgIpc) is 2.28. The molecule has 1 rings (SSSR count). The van der Waals surface area contributed by atoms with E-state index in [-0.39, 0.29) is 12.2 Å². The monoisotopic (exact) mass is 214 g/mol. The maximum absolute atomic E-state index is 9.45. The van der Waals surface area contributed by atoms with Crippen molar-refractivity contribution in [1.82, 2.24) is 0 Å². The zero-order chi connectivity index (χ0) is 11.3. The van der Waals surface area contributed by atoms with Gasteiger partial charge in [-0.25, -0.2) is 20.3 Å². The minimum absolute atomic E-state index is 0.163. The highest BCUT2D eigenvalue weighted by Gasteiger charge is 2.27. The summed E-state index contributed by atoms with van der Waals surface area (Å²) in [4.78, 5) is 7.99. The van der Waals surface area contributed by atoms with Crippen LogP contribution in [0.25, 0.3) is 0 Å². The van der Waals surface area contributed by atoms with Crippen molar-refractivity contribution in [2.24, 2.45) is 0 Å². The van der Waals surface area contributed by atoms with Crippen LogP contribution in [0.15, 0.2) is 24.3 Å². The van der Waals surface area contributed by atoms with Crippen molar-refractivity contribution in [2.75, 3.05) is 0 Å². The molecule has 0 aromatic heterocycles. The third-order valence-corrected chi connectivity index (χ3v) is 2.23. The van der Waals surface area contributed by atoms with Gasteiger partial charge in [0.25, 0.3) is 0 Å². The van der Waals surface area contributed by atoms with E-state index in [0.717, 1.165) is 0 Å². The molecule has 84 valence electrons. The first-order valence-electron chi connectivity index (χ1n) is 4.53. The van der Waals surface area contributed by atoms with Crippen molar-refractivity contribution >= 4 is 0 Å². The molecule has 0 saturated heterocycles.